The highest BCUT2D eigenvalue weighted by atomic mass is 19.3. The van der Waals surface area contributed by atoms with Gasteiger partial charge in [-0.3, -0.25) is 0 Å². The summed E-state index contributed by atoms with van der Waals surface area (Å²) in [5.74, 6) is 0.369. The maximum absolute atomic E-state index is 12.4. The minimum Gasteiger partial charge on any atom is -0.493 e. The first kappa shape index (κ1) is 20.1. The Morgan fingerprint density at radius 2 is 1.79 bits per heavy atom. The topological polar surface area (TPSA) is 75.6 Å². The molecule has 29 heavy (non-hydrogen) atoms. The molecule has 0 saturated heterocycles. The molecule has 2 aromatic rings. The van der Waals surface area contributed by atoms with Gasteiger partial charge in [0.1, 0.15) is 5.75 Å². The predicted octanol–water partition coefficient (Wildman–Crippen LogP) is 3.66. The first-order chi connectivity index (χ1) is 14.0. The summed E-state index contributed by atoms with van der Waals surface area (Å²) < 4.78 is 50.3. The van der Waals surface area contributed by atoms with E-state index in [2.05, 4.69) is 9.73 Å². The predicted molar refractivity (Wildman–Crippen MR) is 99.8 cm³/mol. The minimum absolute atomic E-state index is 0.00528. The molecule has 0 aromatic heterocycles. The van der Waals surface area contributed by atoms with E-state index in [-0.39, 0.29) is 17.3 Å². The van der Waals surface area contributed by atoms with E-state index < -0.39 is 12.6 Å². The molecule has 0 bridgehead atoms. The molecule has 1 aliphatic heterocycles. The van der Waals surface area contributed by atoms with Gasteiger partial charge in [0.15, 0.2) is 17.2 Å². The Bertz CT molecular complexity index is 987. The molecule has 0 atom stereocenters. The summed E-state index contributed by atoms with van der Waals surface area (Å²) in [5.41, 5.74) is 0.835. The number of rotatable bonds is 7. The molecule has 1 heterocycles. The van der Waals surface area contributed by atoms with Gasteiger partial charge in [-0.05, 0) is 36.4 Å². The van der Waals surface area contributed by atoms with E-state index in [0.29, 0.717) is 28.4 Å². The van der Waals surface area contributed by atoms with Crippen LogP contribution in [-0.2, 0) is 9.53 Å². The lowest BCUT2D eigenvalue weighted by molar-refractivity contribution is -0.129. The Morgan fingerprint density at radius 3 is 2.45 bits per heavy atom. The van der Waals surface area contributed by atoms with Crippen LogP contribution in [-0.4, -0.2) is 39.8 Å². The SMILES string of the molecule is COc1ccc(C=C2N=C(c3cccc(OC(F)F)c3)OC2=O)c(OC)c1OC. The minimum atomic E-state index is -2.97. The van der Waals surface area contributed by atoms with Gasteiger partial charge in [0, 0.05) is 11.1 Å². The molecule has 152 valence electrons. The summed E-state index contributed by atoms with van der Waals surface area (Å²) in [4.78, 5) is 16.4. The van der Waals surface area contributed by atoms with Crippen LogP contribution in [0.1, 0.15) is 11.1 Å². The molecule has 0 amide bonds. The lowest BCUT2D eigenvalue weighted by Gasteiger charge is -2.14. The first-order valence-electron chi connectivity index (χ1n) is 8.33. The summed E-state index contributed by atoms with van der Waals surface area (Å²) >= 11 is 0. The van der Waals surface area contributed by atoms with Crippen molar-refractivity contribution >= 4 is 17.9 Å². The highest BCUT2D eigenvalue weighted by Crippen LogP contribution is 2.41. The highest BCUT2D eigenvalue weighted by molar-refractivity contribution is 6.13. The number of hydrogen-bond acceptors (Lipinski definition) is 7. The molecular weight excluding hydrogens is 388 g/mol. The smallest absolute Gasteiger partial charge is 0.387 e. The van der Waals surface area contributed by atoms with Crippen molar-refractivity contribution in [2.24, 2.45) is 4.99 Å². The van der Waals surface area contributed by atoms with Crippen molar-refractivity contribution < 1.29 is 37.3 Å². The Kier molecular flexibility index (Phi) is 5.96. The fraction of sp³-hybridized carbons (Fsp3) is 0.200. The number of alkyl halides is 2. The second kappa shape index (κ2) is 8.59. The zero-order chi connectivity index (χ0) is 21.0. The average Bonchev–Trinajstić information content (AvgIpc) is 3.07. The molecule has 0 spiro atoms. The number of methoxy groups -OCH3 is 3. The van der Waals surface area contributed by atoms with E-state index in [0.717, 1.165) is 0 Å². The van der Waals surface area contributed by atoms with Gasteiger partial charge in [-0.1, -0.05) is 6.07 Å². The number of nitrogens with zero attached hydrogens (tertiary/aromatic N) is 1. The van der Waals surface area contributed by atoms with Crippen molar-refractivity contribution in [1.82, 2.24) is 0 Å². The molecule has 9 heteroatoms. The molecule has 0 fully saturated rings. The number of halogens is 2. The van der Waals surface area contributed by atoms with E-state index in [9.17, 15) is 13.6 Å². The van der Waals surface area contributed by atoms with Crippen molar-refractivity contribution in [2.75, 3.05) is 21.3 Å². The van der Waals surface area contributed by atoms with Gasteiger partial charge in [0.25, 0.3) is 0 Å². The average molecular weight is 405 g/mol. The van der Waals surface area contributed by atoms with Crippen molar-refractivity contribution in [2.45, 2.75) is 6.61 Å². The van der Waals surface area contributed by atoms with Gasteiger partial charge < -0.3 is 23.7 Å². The van der Waals surface area contributed by atoms with Crippen molar-refractivity contribution in [3.8, 4) is 23.0 Å². The number of cyclic esters (lactones) is 1. The van der Waals surface area contributed by atoms with E-state index in [1.165, 1.54) is 45.6 Å². The summed E-state index contributed by atoms with van der Waals surface area (Å²) in [6.07, 6.45) is 1.47. The van der Waals surface area contributed by atoms with Crippen LogP contribution in [0.15, 0.2) is 47.1 Å². The number of carbonyl (C=O) groups is 1. The quantitative estimate of drug-likeness (QED) is 0.517. The molecule has 0 unspecified atom stereocenters. The van der Waals surface area contributed by atoms with Crippen LogP contribution in [0.5, 0.6) is 23.0 Å². The van der Waals surface area contributed by atoms with Crippen molar-refractivity contribution in [1.29, 1.82) is 0 Å². The fourth-order valence-corrected chi connectivity index (χ4v) is 2.72. The molecule has 3 rings (SSSR count). The summed E-state index contributed by atoms with van der Waals surface area (Å²) in [6, 6.07) is 9.04. The number of ether oxygens (including phenoxy) is 5. The summed E-state index contributed by atoms with van der Waals surface area (Å²) in [5, 5.41) is 0. The lowest BCUT2D eigenvalue weighted by Crippen LogP contribution is -2.07. The molecule has 2 aromatic carbocycles. The molecule has 0 N–H and O–H groups in total. The number of hydrogen-bond donors (Lipinski definition) is 0. The van der Waals surface area contributed by atoms with E-state index in [4.69, 9.17) is 18.9 Å². The monoisotopic (exact) mass is 405 g/mol. The maximum atomic E-state index is 12.4. The van der Waals surface area contributed by atoms with Crippen LogP contribution in [0.25, 0.3) is 6.08 Å². The van der Waals surface area contributed by atoms with Crippen molar-refractivity contribution in [3.05, 3.63) is 53.2 Å². The fourth-order valence-electron chi connectivity index (χ4n) is 2.72. The van der Waals surface area contributed by atoms with Crippen LogP contribution >= 0.6 is 0 Å². The van der Waals surface area contributed by atoms with Gasteiger partial charge in [-0.15, -0.1) is 0 Å². The van der Waals surface area contributed by atoms with Gasteiger partial charge >= 0.3 is 12.6 Å². The van der Waals surface area contributed by atoms with Gasteiger partial charge in [0.2, 0.25) is 11.6 Å². The van der Waals surface area contributed by atoms with Crippen LogP contribution in [0.4, 0.5) is 8.78 Å². The maximum Gasteiger partial charge on any atom is 0.387 e. The zero-order valence-electron chi connectivity index (χ0n) is 15.8. The molecule has 1 aliphatic rings. The van der Waals surface area contributed by atoms with Gasteiger partial charge in [-0.2, -0.15) is 8.78 Å². The molecule has 0 radical (unpaired) electrons. The van der Waals surface area contributed by atoms with E-state index >= 15 is 0 Å². The molecular formula is C20H17F2NO6. The second-order valence-corrected chi connectivity index (χ2v) is 5.67. The third-order valence-corrected chi connectivity index (χ3v) is 3.95. The van der Waals surface area contributed by atoms with Crippen molar-refractivity contribution in [3.63, 3.8) is 0 Å². The highest BCUT2D eigenvalue weighted by Gasteiger charge is 2.26. The number of aliphatic imine (C=N–C) groups is 1. The van der Waals surface area contributed by atoms with E-state index in [1.54, 1.807) is 18.2 Å². The Hall–Kier alpha value is -3.62. The standard InChI is InChI=1S/C20H17F2NO6/c1-25-15-8-7-11(16(26-2)17(15)27-3)10-14-19(24)29-18(23-14)12-5-4-6-13(9-12)28-20(21)22/h4-10,20H,1-3H3. The zero-order valence-corrected chi connectivity index (χ0v) is 15.8. The van der Waals surface area contributed by atoms with Gasteiger partial charge in [0.05, 0.1) is 21.3 Å². The van der Waals surface area contributed by atoms with E-state index in [1.807, 2.05) is 0 Å². The third-order valence-electron chi connectivity index (χ3n) is 3.95. The number of esters is 1. The second-order valence-electron chi connectivity index (χ2n) is 5.67. The van der Waals surface area contributed by atoms with Crippen LogP contribution in [0, 0.1) is 0 Å². The Labute approximate surface area is 165 Å². The van der Waals surface area contributed by atoms with Crippen LogP contribution in [0.2, 0.25) is 0 Å². The van der Waals surface area contributed by atoms with Crippen LogP contribution < -0.4 is 18.9 Å². The largest absolute Gasteiger partial charge is 0.493 e. The van der Waals surface area contributed by atoms with Crippen LogP contribution in [0.3, 0.4) is 0 Å². The third kappa shape index (κ3) is 4.29. The lowest BCUT2D eigenvalue weighted by atomic mass is 10.1. The summed E-state index contributed by atoms with van der Waals surface area (Å²) in [6.45, 7) is -2.97. The number of benzene rings is 2. The molecule has 0 aliphatic carbocycles. The Morgan fingerprint density at radius 1 is 1.03 bits per heavy atom. The first-order valence-corrected chi connectivity index (χ1v) is 8.33. The summed E-state index contributed by atoms with van der Waals surface area (Å²) in [7, 11) is 4.41. The molecule has 0 saturated carbocycles. The Balaban J connectivity index is 1.97. The normalized spacial score (nSPS) is 14.6. The number of carbonyl (C=O) groups excluding carboxylic acids is 1. The van der Waals surface area contributed by atoms with Gasteiger partial charge in [-0.25, -0.2) is 9.79 Å². The molecule has 7 nitrogen and oxygen atoms in total.